The predicted molar refractivity (Wildman–Crippen MR) is 107 cm³/mol. The first-order valence-electron chi connectivity index (χ1n) is 9.68. The molecule has 0 spiro atoms. The van der Waals surface area contributed by atoms with Gasteiger partial charge in [-0.15, -0.1) is 0 Å². The average molecular weight is 377 g/mol. The Hall–Kier alpha value is -2.99. The zero-order valence-electron chi connectivity index (χ0n) is 15.6. The molecule has 28 heavy (non-hydrogen) atoms. The fourth-order valence-corrected chi connectivity index (χ4v) is 3.64. The van der Waals surface area contributed by atoms with Gasteiger partial charge in [-0.3, -0.25) is 14.2 Å². The lowest BCUT2D eigenvalue weighted by atomic mass is 10.1. The summed E-state index contributed by atoms with van der Waals surface area (Å²) in [6.07, 6.45) is 3.12. The van der Waals surface area contributed by atoms with Crippen LogP contribution in [0.1, 0.15) is 47.1 Å². The molecule has 1 amide bonds. The monoisotopic (exact) mass is 377 g/mol. The Bertz CT molecular complexity index is 1060. The van der Waals surface area contributed by atoms with Gasteiger partial charge in [0.1, 0.15) is 5.82 Å². The van der Waals surface area contributed by atoms with Crippen molar-refractivity contribution >= 4 is 16.8 Å². The number of benzene rings is 2. The minimum absolute atomic E-state index is 0.0339. The largest absolute Gasteiger partial charge is 0.387 e. The second-order valence-corrected chi connectivity index (χ2v) is 7.16. The number of hydrogen-bond donors (Lipinski definition) is 2. The highest BCUT2D eigenvalue weighted by atomic mass is 16.3. The van der Waals surface area contributed by atoms with Gasteiger partial charge in [-0.2, -0.15) is 0 Å². The highest BCUT2D eigenvalue weighted by Crippen LogP contribution is 2.17. The number of carbonyl (C=O) groups is 1. The van der Waals surface area contributed by atoms with Gasteiger partial charge in [0.15, 0.2) is 0 Å². The lowest BCUT2D eigenvalue weighted by Gasteiger charge is -2.13. The van der Waals surface area contributed by atoms with Gasteiger partial charge in [0.05, 0.1) is 17.0 Å². The molecule has 2 aromatic carbocycles. The zero-order chi connectivity index (χ0) is 19.5. The quantitative estimate of drug-likeness (QED) is 0.732. The molecule has 1 unspecified atom stereocenters. The smallest absolute Gasteiger partial charge is 0.261 e. The van der Waals surface area contributed by atoms with Gasteiger partial charge < -0.3 is 10.4 Å². The van der Waals surface area contributed by atoms with E-state index in [0.717, 1.165) is 37.1 Å². The van der Waals surface area contributed by atoms with Gasteiger partial charge in [0, 0.05) is 25.1 Å². The van der Waals surface area contributed by atoms with Crippen LogP contribution in [0.4, 0.5) is 0 Å². The molecule has 0 radical (unpaired) electrons. The third-order valence-corrected chi connectivity index (χ3v) is 5.22. The van der Waals surface area contributed by atoms with Crippen LogP contribution in [-0.2, 0) is 13.0 Å². The summed E-state index contributed by atoms with van der Waals surface area (Å²) >= 11 is 0. The number of carbonyl (C=O) groups excluding carboxylic acids is 1. The lowest BCUT2D eigenvalue weighted by Crippen LogP contribution is -2.29. The lowest BCUT2D eigenvalue weighted by molar-refractivity contribution is 0.0916. The first-order chi connectivity index (χ1) is 13.6. The number of aromatic nitrogens is 2. The molecule has 2 heterocycles. The molecule has 3 aromatic rings. The summed E-state index contributed by atoms with van der Waals surface area (Å²) in [6.45, 7) is 0.817. The van der Waals surface area contributed by atoms with Gasteiger partial charge in [-0.1, -0.05) is 36.8 Å². The molecule has 0 fully saturated rings. The first-order valence-corrected chi connectivity index (χ1v) is 9.68. The fourth-order valence-electron chi connectivity index (χ4n) is 3.64. The van der Waals surface area contributed by atoms with Crippen LogP contribution in [0.25, 0.3) is 10.9 Å². The van der Waals surface area contributed by atoms with Crippen molar-refractivity contribution in [2.75, 3.05) is 6.54 Å². The van der Waals surface area contributed by atoms with Crippen LogP contribution in [0, 0.1) is 0 Å². The molecule has 144 valence electrons. The summed E-state index contributed by atoms with van der Waals surface area (Å²) < 4.78 is 1.77. The summed E-state index contributed by atoms with van der Waals surface area (Å²) in [5.41, 5.74) is 1.69. The Balaban J connectivity index is 1.55. The highest BCUT2D eigenvalue weighted by Gasteiger charge is 2.16. The Morgan fingerprint density at radius 2 is 1.96 bits per heavy atom. The molecule has 0 saturated carbocycles. The van der Waals surface area contributed by atoms with Crippen molar-refractivity contribution in [3.8, 4) is 0 Å². The van der Waals surface area contributed by atoms with Crippen molar-refractivity contribution in [2.24, 2.45) is 0 Å². The van der Waals surface area contributed by atoms with Crippen LogP contribution in [0.5, 0.6) is 0 Å². The minimum Gasteiger partial charge on any atom is -0.387 e. The van der Waals surface area contributed by atoms with Crippen LogP contribution in [0.2, 0.25) is 0 Å². The number of fused-ring (bicyclic) bond motifs is 2. The Kier molecular flexibility index (Phi) is 5.21. The second kappa shape index (κ2) is 7.94. The molecule has 0 bridgehead atoms. The van der Waals surface area contributed by atoms with Crippen LogP contribution in [0.3, 0.4) is 0 Å². The zero-order valence-corrected chi connectivity index (χ0v) is 15.6. The molecule has 0 aliphatic carbocycles. The van der Waals surface area contributed by atoms with E-state index in [1.54, 1.807) is 22.8 Å². The maximum atomic E-state index is 12.8. The third-order valence-electron chi connectivity index (χ3n) is 5.22. The highest BCUT2D eigenvalue weighted by molar-refractivity contribution is 5.97. The number of rotatable bonds is 4. The SMILES string of the molecule is O=C(NCC(O)c1ccccc1)c1ccc2c(=O)n3c(nc2c1)CCCCC3. The Morgan fingerprint density at radius 1 is 1.14 bits per heavy atom. The molecule has 1 atom stereocenters. The third kappa shape index (κ3) is 3.68. The van der Waals surface area contributed by atoms with Gasteiger partial charge >= 0.3 is 0 Å². The number of amides is 1. The molecule has 1 aromatic heterocycles. The van der Waals surface area contributed by atoms with E-state index < -0.39 is 6.10 Å². The number of nitrogens with one attached hydrogen (secondary N) is 1. The molecule has 4 rings (SSSR count). The Labute approximate surface area is 162 Å². The van der Waals surface area contributed by atoms with Gasteiger partial charge in [0.2, 0.25) is 0 Å². The normalized spacial score (nSPS) is 14.9. The molecule has 0 saturated heterocycles. The van der Waals surface area contributed by atoms with Crippen molar-refractivity contribution in [1.29, 1.82) is 0 Å². The van der Waals surface area contributed by atoms with E-state index in [2.05, 4.69) is 10.3 Å². The summed E-state index contributed by atoms with van der Waals surface area (Å²) in [7, 11) is 0. The number of aryl methyl sites for hydroxylation is 1. The van der Waals surface area contributed by atoms with Crippen LogP contribution in [0.15, 0.2) is 53.3 Å². The van der Waals surface area contributed by atoms with E-state index in [0.29, 0.717) is 23.0 Å². The van der Waals surface area contributed by atoms with Crippen LogP contribution >= 0.6 is 0 Å². The Morgan fingerprint density at radius 3 is 2.79 bits per heavy atom. The van der Waals surface area contributed by atoms with E-state index in [9.17, 15) is 14.7 Å². The van der Waals surface area contributed by atoms with Crippen molar-refractivity contribution < 1.29 is 9.90 Å². The summed E-state index contributed by atoms with van der Waals surface area (Å²) in [5.74, 6) is 0.501. The average Bonchev–Trinajstić information content (AvgIpc) is 2.98. The van der Waals surface area contributed by atoms with Gasteiger partial charge in [-0.05, 0) is 36.6 Å². The van der Waals surface area contributed by atoms with Crippen molar-refractivity contribution in [3.05, 3.63) is 75.8 Å². The minimum atomic E-state index is -0.774. The van der Waals surface area contributed by atoms with Crippen molar-refractivity contribution in [1.82, 2.24) is 14.9 Å². The molecule has 6 heteroatoms. The molecular weight excluding hydrogens is 354 g/mol. The van der Waals surface area contributed by atoms with Crippen LogP contribution in [-0.4, -0.2) is 27.1 Å². The van der Waals surface area contributed by atoms with Gasteiger partial charge in [-0.25, -0.2) is 4.98 Å². The summed E-state index contributed by atoms with van der Waals surface area (Å²) in [4.78, 5) is 29.9. The van der Waals surface area contributed by atoms with E-state index >= 15 is 0 Å². The van der Waals surface area contributed by atoms with E-state index in [4.69, 9.17) is 0 Å². The number of aliphatic hydroxyl groups excluding tert-OH is 1. The predicted octanol–water partition coefficient (Wildman–Crippen LogP) is 2.59. The van der Waals surface area contributed by atoms with E-state index in [1.165, 1.54) is 0 Å². The van der Waals surface area contributed by atoms with Gasteiger partial charge in [0.25, 0.3) is 11.5 Å². The molecule has 1 aliphatic heterocycles. The standard InChI is InChI=1S/C22H23N3O3/c26-19(15-7-3-1-4-8-15)14-23-21(27)16-10-11-17-18(13-16)24-20-9-5-2-6-12-25(20)22(17)28/h1,3-4,7-8,10-11,13,19,26H,2,5-6,9,12,14H2,(H,23,27). The molecular formula is C22H23N3O3. The number of nitrogens with zero attached hydrogens (tertiary/aromatic N) is 2. The maximum Gasteiger partial charge on any atom is 0.261 e. The summed E-state index contributed by atoms with van der Waals surface area (Å²) in [5, 5.41) is 13.5. The van der Waals surface area contributed by atoms with Crippen molar-refractivity contribution in [2.45, 2.75) is 38.3 Å². The van der Waals surface area contributed by atoms with Crippen LogP contribution < -0.4 is 10.9 Å². The summed E-state index contributed by atoms with van der Waals surface area (Å²) in [6, 6.07) is 14.2. The molecule has 6 nitrogen and oxygen atoms in total. The first kappa shape index (κ1) is 18.4. The van der Waals surface area contributed by atoms with E-state index in [1.807, 2.05) is 30.3 Å². The van der Waals surface area contributed by atoms with Crippen molar-refractivity contribution in [3.63, 3.8) is 0 Å². The molecule has 2 N–H and O–H groups in total. The van der Waals surface area contributed by atoms with E-state index in [-0.39, 0.29) is 18.0 Å². The number of hydrogen-bond acceptors (Lipinski definition) is 4. The molecule has 1 aliphatic rings. The second-order valence-electron chi connectivity index (χ2n) is 7.16. The fraction of sp³-hybridized carbons (Fsp3) is 0.318. The maximum absolute atomic E-state index is 12.8. The topological polar surface area (TPSA) is 84.2 Å². The number of aliphatic hydroxyl groups is 1.